The molecule has 2 aromatic rings. The Morgan fingerprint density at radius 1 is 1.10 bits per heavy atom. The molecule has 0 saturated carbocycles. The molecule has 2 aromatic carbocycles. The standard InChI is InChI=1S/C25H27ClN2O3/c1-3-27(4-2)16-17-28-23(19-12-8-9-13-20(19)26)22(24(30)25(28)31)21(29)15-14-18-10-6-5-7-11-18/h5-15,23,30H,3-4,16-17H2,1-2H3. The second-order valence-electron chi connectivity index (χ2n) is 7.48. The average molecular weight is 439 g/mol. The highest BCUT2D eigenvalue weighted by Gasteiger charge is 2.39. The largest absolute Gasteiger partial charge is 0.868 e. The highest BCUT2D eigenvalue weighted by atomic mass is 35.5. The van der Waals surface area contributed by atoms with E-state index in [1.165, 1.54) is 15.9 Å². The Hall–Kier alpha value is -2.89. The zero-order chi connectivity index (χ0) is 22.4. The Morgan fingerprint density at radius 3 is 2.39 bits per heavy atom. The lowest BCUT2D eigenvalue weighted by molar-refractivity contribution is -0.895. The molecule has 0 spiro atoms. The monoisotopic (exact) mass is 438 g/mol. The summed E-state index contributed by atoms with van der Waals surface area (Å²) in [5.74, 6) is -1.86. The van der Waals surface area contributed by atoms with E-state index in [4.69, 9.17) is 11.6 Å². The van der Waals surface area contributed by atoms with Crippen LogP contribution in [0.2, 0.25) is 5.02 Å². The van der Waals surface area contributed by atoms with Gasteiger partial charge in [0, 0.05) is 10.6 Å². The van der Waals surface area contributed by atoms with Crippen molar-refractivity contribution in [1.82, 2.24) is 4.90 Å². The van der Waals surface area contributed by atoms with Crippen molar-refractivity contribution in [2.45, 2.75) is 19.9 Å². The summed E-state index contributed by atoms with van der Waals surface area (Å²) in [5, 5.41) is 13.3. The Morgan fingerprint density at radius 2 is 1.74 bits per heavy atom. The van der Waals surface area contributed by atoms with Gasteiger partial charge < -0.3 is 14.9 Å². The van der Waals surface area contributed by atoms with E-state index in [2.05, 4.69) is 13.8 Å². The van der Waals surface area contributed by atoms with Crippen LogP contribution < -0.4 is 10.0 Å². The number of hydrogen-bond donors (Lipinski definition) is 1. The number of quaternary nitrogens is 1. The highest BCUT2D eigenvalue weighted by molar-refractivity contribution is 6.31. The SMILES string of the molecule is CC[NH+](CC)CCN1C(=O)C([O-])=C(C(=O)C=Cc2ccccc2)C1c1ccccc1Cl. The van der Waals surface area contributed by atoms with E-state index in [1.54, 1.807) is 30.3 Å². The van der Waals surface area contributed by atoms with Crippen molar-refractivity contribution in [3.63, 3.8) is 0 Å². The summed E-state index contributed by atoms with van der Waals surface area (Å²) in [4.78, 5) is 28.8. The summed E-state index contributed by atoms with van der Waals surface area (Å²) in [7, 11) is 0. The molecule has 0 aromatic heterocycles. The summed E-state index contributed by atoms with van der Waals surface area (Å²) in [6, 6.07) is 15.6. The second-order valence-corrected chi connectivity index (χ2v) is 7.89. The fourth-order valence-electron chi connectivity index (χ4n) is 3.85. The second kappa shape index (κ2) is 10.4. The topological polar surface area (TPSA) is 64.9 Å². The number of rotatable bonds is 9. The van der Waals surface area contributed by atoms with Crippen molar-refractivity contribution >= 4 is 29.4 Å². The van der Waals surface area contributed by atoms with Gasteiger partial charge in [0.1, 0.15) is 0 Å². The van der Waals surface area contributed by atoms with Gasteiger partial charge in [0.2, 0.25) is 5.91 Å². The van der Waals surface area contributed by atoms with E-state index in [0.29, 0.717) is 23.7 Å². The molecule has 0 saturated heterocycles. The van der Waals surface area contributed by atoms with Crippen LogP contribution in [0.5, 0.6) is 0 Å². The Kier molecular flexibility index (Phi) is 7.66. The number of hydrogen-bond acceptors (Lipinski definition) is 3. The van der Waals surface area contributed by atoms with Crippen molar-refractivity contribution in [2.75, 3.05) is 26.2 Å². The first-order valence-corrected chi connectivity index (χ1v) is 10.9. The van der Waals surface area contributed by atoms with Crippen molar-refractivity contribution in [2.24, 2.45) is 0 Å². The molecule has 6 heteroatoms. The van der Waals surface area contributed by atoms with Crippen LogP contribution in [0, 0.1) is 0 Å². The van der Waals surface area contributed by atoms with Crippen LogP contribution in [-0.4, -0.2) is 42.8 Å². The molecule has 1 aliphatic rings. The third kappa shape index (κ3) is 5.06. The van der Waals surface area contributed by atoms with E-state index in [1.807, 2.05) is 30.3 Å². The van der Waals surface area contributed by atoms with Crippen LogP contribution >= 0.6 is 11.6 Å². The number of nitrogens with zero attached hydrogens (tertiary/aromatic N) is 1. The number of allylic oxidation sites excluding steroid dienone is 1. The minimum atomic E-state index is -0.781. The summed E-state index contributed by atoms with van der Waals surface area (Å²) < 4.78 is 0. The van der Waals surface area contributed by atoms with Crippen LogP contribution in [0.25, 0.3) is 6.08 Å². The van der Waals surface area contributed by atoms with Crippen molar-refractivity contribution < 1.29 is 19.6 Å². The number of likely N-dealkylation sites (N-methyl/N-ethyl adjacent to an activating group) is 1. The fraction of sp³-hybridized carbons (Fsp3) is 0.280. The molecule has 0 bridgehead atoms. The lowest BCUT2D eigenvalue weighted by Crippen LogP contribution is -3.12. The normalized spacial score (nSPS) is 16.7. The summed E-state index contributed by atoms with van der Waals surface area (Å²) in [6.45, 7) is 7.05. The van der Waals surface area contributed by atoms with E-state index < -0.39 is 23.5 Å². The molecular formula is C25H27ClN2O3. The molecule has 1 N–H and O–H groups in total. The maximum atomic E-state index is 13.1. The van der Waals surface area contributed by atoms with Crippen molar-refractivity contribution in [1.29, 1.82) is 0 Å². The number of nitrogens with one attached hydrogen (secondary N) is 1. The third-order valence-electron chi connectivity index (χ3n) is 5.68. The molecule has 1 aliphatic heterocycles. The Labute approximate surface area is 188 Å². The number of benzene rings is 2. The fourth-order valence-corrected chi connectivity index (χ4v) is 4.09. The van der Waals surface area contributed by atoms with Crippen molar-refractivity contribution in [3.05, 3.63) is 88.2 Å². The average Bonchev–Trinajstić information content (AvgIpc) is 3.04. The molecule has 1 heterocycles. The third-order valence-corrected chi connectivity index (χ3v) is 6.03. The van der Waals surface area contributed by atoms with Gasteiger partial charge in [0.15, 0.2) is 5.78 Å². The van der Waals surface area contributed by atoms with Crippen LogP contribution in [0.4, 0.5) is 0 Å². The van der Waals surface area contributed by atoms with E-state index >= 15 is 0 Å². The molecule has 1 atom stereocenters. The molecule has 3 rings (SSSR count). The van der Waals surface area contributed by atoms with Gasteiger partial charge in [-0.25, -0.2) is 0 Å². The smallest absolute Gasteiger partial charge is 0.240 e. The van der Waals surface area contributed by atoms with Crippen molar-refractivity contribution in [3.8, 4) is 0 Å². The maximum absolute atomic E-state index is 13.1. The van der Waals surface area contributed by atoms with Crippen LogP contribution in [0.3, 0.4) is 0 Å². The predicted molar refractivity (Wildman–Crippen MR) is 120 cm³/mol. The van der Waals surface area contributed by atoms with Gasteiger partial charge in [-0.15, -0.1) is 0 Å². The van der Waals surface area contributed by atoms with Crippen LogP contribution in [-0.2, 0) is 9.59 Å². The Balaban J connectivity index is 1.97. The molecule has 162 valence electrons. The van der Waals surface area contributed by atoms with E-state index in [-0.39, 0.29) is 5.57 Å². The van der Waals surface area contributed by atoms with E-state index in [9.17, 15) is 14.7 Å². The van der Waals surface area contributed by atoms with Crippen LogP contribution in [0.15, 0.2) is 72.0 Å². The molecular weight excluding hydrogens is 412 g/mol. The van der Waals surface area contributed by atoms with Gasteiger partial charge in [-0.3, -0.25) is 9.59 Å². The van der Waals surface area contributed by atoms with Crippen LogP contribution in [0.1, 0.15) is 31.0 Å². The molecule has 0 radical (unpaired) electrons. The zero-order valence-electron chi connectivity index (χ0n) is 17.8. The molecule has 5 nitrogen and oxygen atoms in total. The first-order valence-electron chi connectivity index (χ1n) is 10.6. The molecule has 1 unspecified atom stereocenters. The van der Waals surface area contributed by atoms with Gasteiger partial charge >= 0.3 is 0 Å². The maximum Gasteiger partial charge on any atom is 0.240 e. The van der Waals surface area contributed by atoms with Gasteiger partial charge in [-0.1, -0.05) is 66.2 Å². The van der Waals surface area contributed by atoms with Gasteiger partial charge in [0.25, 0.3) is 0 Å². The predicted octanol–water partition coefficient (Wildman–Crippen LogP) is 2.04. The zero-order valence-corrected chi connectivity index (χ0v) is 18.6. The number of halogens is 1. The molecule has 1 amide bonds. The summed E-state index contributed by atoms with van der Waals surface area (Å²) in [5.41, 5.74) is 1.39. The summed E-state index contributed by atoms with van der Waals surface area (Å²) >= 11 is 6.43. The number of amides is 1. The number of carbonyl (C=O) groups is 2. The molecule has 0 fully saturated rings. The lowest BCUT2D eigenvalue weighted by Gasteiger charge is -2.29. The summed E-state index contributed by atoms with van der Waals surface area (Å²) in [6.07, 6.45) is 3.01. The van der Waals surface area contributed by atoms with Gasteiger partial charge in [-0.2, -0.15) is 0 Å². The molecule has 0 aliphatic carbocycles. The highest BCUT2D eigenvalue weighted by Crippen LogP contribution is 2.39. The molecule has 31 heavy (non-hydrogen) atoms. The van der Waals surface area contributed by atoms with Gasteiger partial charge in [0.05, 0.1) is 32.2 Å². The van der Waals surface area contributed by atoms with E-state index in [0.717, 1.165) is 18.7 Å². The lowest BCUT2D eigenvalue weighted by atomic mass is 9.95. The number of carbonyl (C=O) groups excluding carboxylic acids is 2. The number of ketones is 1. The first-order chi connectivity index (χ1) is 15.0. The minimum Gasteiger partial charge on any atom is -0.868 e. The first kappa shape index (κ1) is 22.8. The minimum absolute atomic E-state index is 0.0418. The van der Waals surface area contributed by atoms with Gasteiger partial charge in [-0.05, 0) is 42.9 Å². The Bertz CT molecular complexity index is 997. The quantitative estimate of drug-likeness (QED) is 0.609.